The van der Waals surface area contributed by atoms with Crippen molar-refractivity contribution in [1.82, 2.24) is 19.7 Å². The molecule has 1 amide bonds. The average molecular weight is 307 g/mol. The van der Waals surface area contributed by atoms with E-state index in [1.807, 2.05) is 0 Å². The van der Waals surface area contributed by atoms with Gasteiger partial charge >= 0.3 is 12.1 Å². The lowest BCUT2D eigenvalue weighted by molar-refractivity contribution is -0.143. The Morgan fingerprint density at radius 1 is 1.50 bits per heavy atom. The van der Waals surface area contributed by atoms with Crippen molar-refractivity contribution in [2.75, 3.05) is 13.1 Å². The fraction of sp³-hybridized carbons (Fsp3) is 0.615. The lowest BCUT2D eigenvalue weighted by Crippen LogP contribution is -2.65. The minimum atomic E-state index is -1.02. The van der Waals surface area contributed by atoms with Crippen LogP contribution in [-0.4, -0.2) is 55.5 Å². The normalized spacial score (nSPS) is 16.5. The molecule has 0 saturated carbocycles. The van der Waals surface area contributed by atoms with E-state index >= 15 is 0 Å². The second-order valence-electron chi connectivity index (χ2n) is 6.26. The molecule has 0 atom stereocenters. The molecule has 2 heterocycles. The van der Waals surface area contributed by atoms with Gasteiger partial charge < -0.3 is 14.7 Å². The number of aliphatic carboxylic acids is 1. The standard InChI is InChI=1S/C13H17N5O4/c1-12(2,3)22-11(21)17-6-13(7-17,4-10(19)20)18-8-15-9(5-14)16-18/h8H,4,6-7H2,1-3H3,(H,19,20). The zero-order valence-electron chi connectivity index (χ0n) is 12.6. The highest BCUT2D eigenvalue weighted by atomic mass is 16.6. The van der Waals surface area contributed by atoms with E-state index in [1.165, 1.54) is 15.9 Å². The number of aromatic nitrogens is 3. The molecule has 1 aromatic heterocycles. The van der Waals surface area contributed by atoms with Gasteiger partial charge in [0.25, 0.3) is 5.82 Å². The van der Waals surface area contributed by atoms with Crippen LogP contribution >= 0.6 is 0 Å². The minimum Gasteiger partial charge on any atom is -0.481 e. The van der Waals surface area contributed by atoms with Gasteiger partial charge in [0.05, 0.1) is 19.5 Å². The van der Waals surface area contributed by atoms with Crippen molar-refractivity contribution in [1.29, 1.82) is 5.26 Å². The number of nitrogens with zero attached hydrogens (tertiary/aromatic N) is 5. The van der Waals surface area contributed by atoms with Crippen LogP contribution < -0.4 is 0 Å². The first-order valence-electron chi connectivity index (χ1n) is 6.67. The molecule has 118 valence electrons. The summed E-state index contributed by atoms with van der Waals surface area (Å²) in [5.41, 5.74) is -1.52. The maximum Gasteiger partial charge on any atom is 0.410 e. The number of carbonyl (C=O) groups excluding carboxylic acids is 1. The lowest BCUT2D eigenvalue weighted by atomic mass is 9.87. The number of hydrogen-bond donors (Lipinski definition) is 1. The summed E-state index contributed by atoms with van der Waals surface area (Å²) in [5.74, 6) is -1.06. The van der Waals surface area contributed by atoms with E-state index in [4.69, 9.17) is 15.1 Å². The summed E-state index contributed by atoms with van der Waals surface area (Å²) < 4.78 is 6.59. The highest BCUT2D eigenvalue weighted by Crippen LogP contribution is 2.33. The van der Waals surface area contributed by atoms with E-state index < -0.39 is 23.2 Å². The number of rotatable bonds is 3. The van der Waals surface area contributed by atoms with Crippen LogP contribution in [0.3, 0.4) is 0 Å². The van der Waals surface area contributed by atoms with Crippen LogP contribution in [0.1, 0.15) is 33.0 Å². The topological polar surface area (TPSA) is 121 Å². The maximum absolute atomic E-state index is 12.0. The van der Waals surface area contributed by atoms with Gasteiger partial charge in [-0.15, -0.1) is 5.10 Å². The zero-order valence-corrected chi connectivity index (χ0v) is 12.6. The summed E-state index contributed by atoms with van der Waals surface area (Å²) in [4.78, 5) is 28.3. The van der Waals surface area contributed by atoms with Crippen LogP contribution in [0.4, 0.5) is 4.79 Å². The van der Waals surface area contributed by atoms with Crippen LogP contribution in [0.25, 0.3) is 0 Å². The summed E-state index contributed by atoms with van der Waals surface area (Å²) in [6.07, 6.45) is 0.586. The quantitative estimate of drug-likeness (QED) is 0.866. The van der Waals surface area contributed by atoms with Crippen LogP contribution in [0.15, 0.2) is 6.33 Å². The molecule has 9 heteroatoms. The highest BCUT2D eigenvalue weighted by Gasteiger charge is 2.50. The SMILES string of the molecule is CC(C)(C)OC(=O)N1CC(CC(=O)O)(n2cnc(C#N)n2)C1. The first-order chi connectivity index (χ1) is 10.1. The first kappa shape index (κ1) is 15.8. The summed E-state index contributed by atoms with van der Waals surface area (Å²) in [7, 11) is 0. The third-order valence-electron chi connectivity index (χ3n) is 3.18. The van der Waals surface area contributed by atoms with Gasteiger partial charge in [0, 0.05) is 0 Å². The molecule has 1 saturated heterocycles. The molecule has 1 fully saturated rings. The van der Waals surface area contributed by atoms with Gasteiger partial charge in [-0.3, -0.25) is 4.79 Å². The van der Waals surface area contributed by atoms with Crippen molar-refractivity contribution in [3.8, 4) is 6.07 Å². The number of hydrogen-bond acceptors (Lipinski definition) is 6. The van der Waals surface area contributed by atoms with Crippen molar-refractivity contribution >= 4 is 12.1 Å². The highest BCUT2D eigenvalue weighted by molar-refractivity contribution is 5.72. The molecular weight excluding hydrogens is 290 g/mol. The van der Waals surface area contributed by atoms with E-state index in [2.05, 4.69) is 10.1 Å². The van der Waals surface area contributed by atoms with Crippen LogP contribution in [0.5, 0.6) is 0 Å². The second kappa shape index (κ2) is 5.29. The van der Waals surface area contributed by atoms with Crippen molar-refractivity contribution in [2.24, 2.45) is 0 Å². The molecule has 1 aliphatic heterocycles. The van der Waals surface area contributed by atoms with E-state index in [-0.39, 0.29) is 25.3 Å². The molecule has 9 nitrogen and oxygen atoms in total. The molecule has 0 radical (unpaired) electrons. The number of amides is 1. The Labute approximate surface area is 127 Å². The fourth-order valence-electron chi connectivity index (χ4n) is 2.28. The van der Waals surface area contributed by atoms with Crippen molar-refractivity contribution in [3.63, 3.8) is 0 Å². The fourth-order valence-corrected chi connectivity index (χ4v) is 2.28. The molecule has 0 unspecified atom stereocenters. The predicted molar refractivity (Wildman–Crippen MR) is 72.8 cm³/mol. The summed E-state index contributed by atoms with van der Waals surface area (Å²) in [6.45, 7) is 5.55. The zero-order chi connectivity index (χ0) is 16.5. The number of carbonyl (C=O) groups is 2. The number of nitriles is 1. The molecule has 0 spiro atoms. The summed E-state index contributed by atoms with van der Waals surface area (Å²) >= 11 is 0. The van der Waals surface area contributed by atoms with Crippen molar-refractivity contribution in [2.45, 2.75) is 38.3 Å². The van der Waals surface area contributed by atoms with Crippen LogP contribution in [0.2, 0.25) is 0 Å². The number of ether oxygens (including phenoxy) is 1. The first-order valence-corrected chi connectivity index (χ1v) is 6.67. The maximum atomic E-state index is 12.0. The Kier molecular flexibility index (Phi) is 3.79. The second-order valence-corrected chi connectivity index (χ2v) is 6.26. The minimum absolute atomic E-state index is 0.0412. The number of likely N-dealkylation sites (tertiary alicyclic amines) is 1. The van der Waals surface area contributed by atoms with Gasteiger partial charge in [0.1, 0.15) is 23.5 Å². The Hall–Kier alpha value is -2.63. The van der Waals surface area contributed by atoms with Gasteiger partial charge in [0.15, 0.2) is 0 Å². The van der Waals surface area contributed by atoms with E-state index in [9.17, 15) is 9.59 Å². The Morgan fingerprint density at radius 2 is 2.14 bits per heavy atom. The third kappa shape index (κ3) is 3.16. The summed E-state index contributed by atoms with van der Waals surface area (Å²) in [6, 6.07) is 1.79. The number of carboxylic acid groups (broad SMARTS) is 1. The van der Waals surface area contributed by atoms with Gasteiger partial charge in [-0.05, 0) is 20.8 Å². The number of carboxylic acids is 1. The molecule has 1 aromatic rings. The predicted octanol–water partition coefficient (Wildman–Crippen LogP) is 0.570. The molecule has 22 heavy (non-hydrogen) atoms. The molecule has 1 N–H and O–H groups in total. The molecule has 0 aliphatic carbocycles. The Balaban J connectivity index is 2.14. The van der Waals surface area contributed by atoms with Crippen LogP contribution in [-0.2, 0) is 15.1 Å². The molecule has 0 aromatic carbocycles. The third-order valence-corrected chi connectivity index (χ3v) is 3.18. The smallest absolute Gasteiger partial charge is 0.410 e. The average Bonchev–Trinajstić information content (AvgIpc) is 2.79. The van der Waals surface area contributed by atoms with Gasteiger partial charge in [-0.2, -0.15) is 5.26 Å². The van der Waals surface area contributed by atoms with E-state index in [0.717, 1.165) is 0 Å². The van der Waals surface area contributed by atoms with Gasteiger partial charge in [-0.25, -0.2) is 14.5 Å². The molecule has 0 bridgehead atoms. The van der Waals surface area contributed by atoms with Crippen molar-refractivity contribution < 1.29 is 19.4 Å². The molecule has 1 aliphatic rings. The summed E-state index contributed by atoms with van der Waals surface area (Å²) in [5, 5.41) is 21.8. The largest absolute Gasteiger partial charge is 0.481 e. The van der Waals surface area contributed by atoms with E-state index in [0.29, 0.717) is 0 Å². The van der Waals surface area contributed by atoms with E-state index in [1.54, 1.807) is 26.8 Å². The van der Waals surface area contributed by atoms with Gasteiger partial charge in [-0.1, -0.05) is 0 Å². The van der Waals surface area contributed by atoms with Crippen molar-refractivity contribution in [3.05, 3.63) is 12.2 Å². The Bertz CT molecular complexity index is 634. The van der Waals surface area contributed by atoms with Gasteiger partial charge in [0.2, 0.25) is 0 Å². The monoisotopic (exact) mass is 307 g/mol. The van der Waals surface area contributed by atoms with Crippen LogP contribution in [0, 0.1) is 11.3 Å². The lowest BCUT2D eigenvalue weighted by Gasteiger charge is -2.48. The molecular formula is C13H17N5O4. The Morgan fingerprint density at radius 3 is 2.59 bits per heavy atom. The molecule has 2 rings (SSSR count).